The molecule has 3 aromatic rings. The number of benzene rings is 1. The van der Waals surface area contributed by atoms with E-state index >= 15 is 0 Å². The van der Waals surface area contributed by atoms with Crippen molar-refractivity contribution in [3.8, 4) is 0 Å². The van der Waals surface area contributed by atoms with Crippen LogP contribution in [0.4, 0.5) is 5.69 Å². The molecule has 0 atom stereocenters. The third-order valence-corrected chi connectivity index (χ3v) is 5.83. The number of nitrogens with one attached hydrogen (secondary N) is 1. The summed E-state index contributed by atoms with van der Waals surface area (Å²) in [5, 5.41) is 14.5. The van der Waals surface area contributed by atoms with Crippen molar-refractivity contribution >= 4 is 22.6 Å². The van der Waals surface area contributed by atoms with Crippen LogP contribution in [0.15, 0.2) is 33.6 Å². The fourth-order valence-electron chi connectivity index (χ4n) is 4.37. The number of hydrogen-bond donors (Lipinski definition) is 2. The first kappa shape index (κ1) is 18.0. The van der Waals surface area contributed by atoms with Crippen molar-refractivity contribution in [3.05, 3.63) is 46.3 Å². The van der Waals surface area contributed by atoms with E-state index in [0.29, 0.717) is 25.3 Å². The number of fused-ring (bicyclic) bond motifs is 1. The average Bonchev–Trinajstić information content (AvgIpc) is 3.17. The lowest BCUT2D eigenvalue weighted by atomic mass is 10.1. The molecule has 9 heteroatoms. The van der Waals surface area contributed by atoms with Crippen molar-refractivity contribution in [2.75, 3.05) is 24.6 Å². The molecule has 1 saturated heterocycles. The number of aromatic carboxylic acids is 1. The Kier molecular flexibility index (Phi) is 3.70. The minimum absolute atomic E-state index is 0.167. The van der Waals surface area contributed by atoms with Gasteiger partial charge < -0.3 is 19.3 Å². The molecular weight excluding hydrogens is 376 g/mol. The predicted octanol–water partition coefficient (Wildman–Crippen LogP) is 2.17. The Morgan fingerprint density at radius 2 is 2.07 bits per heavy atom. The number of carboxylic acid groups (broad SMARTS) is 1. The van der Waals surface area contributed by atoms with Gasteiger partial charge in [0.1, 0.15) is 11.2 Å². The first-order valence-corrected chi connectivity index (χ1v) is 9.64. The highest BCUT2D eigenvalue weighted by Crippen LogP contribution is 2.50. The SMILES string of the molecule is CC1(C)CN(c2ccc3c(c2)cc(C(=O)O)n3C2(c3noc(=O)[nH]3)CC2)CCO1. The second kappa shape index (κ2) is 5.96. The van der Waals surface area contributed by atoms with Gasteiger partial charge in [-0.25, -0.2) is 9.59 Å². The quantitative estimate of drug-likeness (QED) is 0.692. The van der Waals surface area contributed by atoms with Crippen molar-refractivity contribution in [1.82, 2.24) is 14.7 Å². The molecule has 9 nitrogen and oxygen atoms in total. The molecule has 1 aliphatic heterocycles. The van der Waals surface area contributed by atoms with E-state index in [4.69, 9.17) is 4.74 Å². The highest BCUT2D eigenvalue weighted by molar-refractivity contribution is 5.96. The van der Waals surface area contributed by atoms with Gasteiger partial charge in [-0.2, -0.15) is 0 Å². The zero-order chi connectivity index (χ0) is 20.4. The van der Waals surface area contributed by atoms with Crippen LogP contribution in [-0.2, 0) is 10.3 Å². The lowest BCUT2D eigenvalue weighted by molar-refractivity contribution is -0.0276. The van der Waals surface area contributed by atoms with E-state index in [1.807, 2.05) is 18.2 Å². The third-order valence-electron chi connectivity index (χ3n) is 5.83. The topological polar surface area (TPSA) is 114 Å². The number of carboxylic acids is 1. The molecule has 0 radical (unpaired) electrons. The monoisotopic (exact) mass is 398 g/mol. The van der Waals surface area contributed by atoms with Gasteiger partial charge in [-0.1, -0.05) is 5.16 Å². The smallest absolute Gasteiger partial charge is 0.438 e. The molecule has 2 aromatic heterocycles. The summed E-state index contributed by atoms with van der Waals surface area (Å²) in [7, 11) is 0. The number of hydrogen-bond acceptors (Lipinski definition) is 6. The normalized spacial score (nSPS) is 20.1. The summed E-state index contributed by atoms with van der Waals surface area (Å²) in [6.45, 7) is 6.31. The summed E-state index contributed by atoms with van der Waals surface area (Å²) in [5.74, 6) is -1.30. The fraction of sp³-hybridized carbons (Fsp3) is 0.450. The zero-order valence-corrected chi connectivity index (χ0v) is 16.3. The molecule has 0 bridgehead atoms. The molecule has 3 heterocycles. The largest absolute Gasteiger partial charge is 0.477 e. The van der Waals surface area contributed by atoms with Crippen molar-refractivity contribution in [2.24, 2.45) is 0 Å². The van der Waals surface area contributed by atoms with E-state index in [2.05, 4.69) is 33.4 Å². The summed E-state index contributed by atoms with van der Waals surface area (Å²) < 4.78 is 12.2. The zero-order valence-electron chi connectivity index (χ0n) is 16.3. The van der Waals surface area contributed by atoms with Gasteiger partial charge >= 0.3 is 11.7 Å². The molecular formula is C20H22N4O5. The lowest BCUT2D eigenvalue weighted by Gasteiger charge is -2.39. The maximum Gasteiger partial charge on any atom is 0.438 e. The number of aromatic nitrogens is 3. The van der Waals surface area contributed by atoms with Gasteiger partial charge in [-0.3, -0.25) is 9.51 Å². The van der Waals surface area contributed by atoms with Gasteiger partial charge in [-0.15, -0.1) is 0 Å². The van der Waals surface area contributed by atoms with Crippen LogP contribution >= 0.6 is 0 Å². The molecule has 29 heavy (non-hydrogen) atoms. The molecule has 1 aliphatic carbocycles. The Bertz CT molecular complexity index is 1170. The number of nitrogens with zero attached hydrogens (tertiary/aromatic N) is 3. The molecule has 0 amide bonds. The van der Waals surface area contributed by atoms with Gasteiger partial charge in [-0.05, 0) is 51.0 Å². The summed E-state index contributed by atoms with van der Waals surface area (Å²) in [4.78, 5) is 28.3. The predicted molar refractivity (Wildman–Crippen MR) is 105 cm³/mol. The molecule has 2 N–H and O–H groups in total. The van der Waals surface area contributed by atoms with Gasteiger partial charge in [0.2, 0.25) is 0 Å². The Labute approximate surface area is 165 Å². The summed E-state index contributed by atoms with van der Waals surface area (Å²) in [6, 6.07) is 7.65. The number of morpholine rings is 1. The summed E-state index contributed by atoms with van der Waals surface area (Å²) in [5.41, 5.74) is 1.07. The van der Waals surface area contributed by atoms with Gasteiger partial charge in [0, 0.05) is 29.7 Å². The highest BCUT2D eigenvalue weighted by Gasteiger charge is 2.52. The van der Waals surface area contributed by atoms with Gasteiger partial charge in [0.05, 0.1) is 12.2 Å². The maximum atomic E-state index is 12.0. The van der Waals surface area contributed by atoms with Gasteiger partial charge in [0.25, 0.3) is 0 Å². The van der Waals surface area contributed by atoms with Crippen LogP contribution in [0.5, 0.6) is 0 Å². The average molecular weight is 398 g/mol. The Balaban J connectivity index is 1.63. The number of H-pyrrole nitrogens is 1. The molecule has 152 valence electrons. The number of aromatic amines is 1. The number of rotatable bonds is 4. The van der Waals surface area contributed by atoms with E-state index in [1.165, 1.54) is 0 Å². The third kappa shape index (κ3) is 2.84. The van der Waals surface area contributed by atoms with Crippen LogP contribution in [0, 0.1) is 0 Å². The highest BCUT2D eigenvalue weighted by atomic mass is 16.5. The van der Waals surface area contributed by atoms with E-state index in [9.17, 15) is 14.7 Å². The molecule has 0 spiro atoms. The number of anilines is 1. The molecule has 1 aromatic carbocycles. The second-order valence-electron chi connectivity index (χ2n) is 8.42. The molecule has 0 unspecified atom stereocenters. The van der Waals surface area contributed by atoms with Gasteiger partial charge in [0.15, 0.2) is 5.82 Å². The molecule has 1 saturated carbocycles. The minimum Gasteiger partial charge on any atom is -0.477 e. The van der Waals surface area contributed by atoms with Crippen LogP contribution in [-0.4, -0.2) is 51.1 Å². The Morgan fingerprint density at radius 1 is 1.28 bits per heavy atom. The minimum atomic E-state index is -1.02. The Hall–Kier alpha value is -3.07. The molecule has 2 fully saturated rings. The van der Waals surface area contributed by atoms with E-state index in [0.717, 1.165) is 29.7 Å². The lowest BCUT2D eigenvalue weighted by Crippen LogP contribution is -2.48. The van der Waals surface area contributed by atoms with Crippen LogP contribution in [0.2, 0.25) is 0 Å². The summed E-state index contributed by atoms with van der Waals surface area (Å²) in [6.07, 6.45) is 1.36. The van der Waals surface area contributed by atoms with E-state index < -0.39 is 17.3 Å². The summed E-state index contributed by atoms with van der Waals surface area (Å²) >= 11 is 0. The fourth-order valence-corrected chi connectivity index (χ4v) is 4.37. The molecule has 2 aliphatic rings. The second-order valence-corrected chi connectivity index (χ2v) is 8.42. The van der Waals surface area contributed by atoms with Crippen molar-refractivity contribution in [2.45, 2.75) is 37.8 Å². The Morgan fingerprint density at radius 3 is 2.69 bits per heavy atom. The standard InChI is InChI=1S/C20H22N4O5/c1-19(2)11-23(7-8-28-19)13-3-4-14-12(9-13)10-15(16(25)26)24(14)20(5-6-20)17-21-18(27)29-22-17/h3-4,9-10H,5-8,11H2,1-2H3,(H,25,26)(H,21,22,27). The van der Waals surface area contributed by atoms with E-state index in [1.54, 1.807) is 10.6 Å². The van der Waals surface area contributed by atoms with Crippen molar-refractivity contribution < 1.29 is 19.2 Å². The van der Waals surface area contributed by atoms with Crippen LogP contribution in [0.25, 0.3) is 10.9 Å². The van der Waals surface area contributed by atoms with Crippen molar-refractivity contribution in [3.63, 3.8) is 0 Å². The van der Waals surface area contributed by atoms with Crippen molar-refractivity contribution in [1.29, 1.82) is 0 Å². The van der Waals surface area contributed by atoms with Crippen LogP contribution in [0.1, 0.15) is 43.0 Å². The van der Waals surface area contributed by atoms with Crippen LogP contribution < -0.4 is 10.7 Å². The van der Waals surface area contributed by atoms with Crippen LogP contribution in [0.3, 0.4) is 0 Å². The molecule has 5 rings (SSSR count). The first-order valence-electron chi connectivity index (χ1n) is 9.64. The number of ether oxygens (including phenoxy) is 1. The number of carbonyl (C=O) groups is 1. The maximum absolute atomic E-state index is 12.0. The first-order chi connectivity index (χ1) is 13.8. The van der Waals surface area contributed by atoms with E-state index in [-0.39, 0.29) is 11.3 Å².